The summed E-state index contributed by atoms with van der Waals surface area (Å²) in [6.45, 7) is 0. The molecule has 19 heavy (non-hydrogen) atoms. The normalized spacial score (nSPS) is 17.4. The molecule has 2 aromatic rings. The van der Waals surface area contributed by atoms with E-state index in [9.17, 15) is 4.79 Å². The molecule has 1 aliphatic heterocycles. The van der Waals surface area contributed by atoms with Crippen LogP contribution in [0.5, 0.6) is 0 Å². The molecule has 0 radical (unpaired) electrons. The molecule has 1 aromatic heterocycles. The largest absolute Gasteiger partial charge is 0.338 e. The molecule has 0 bridgehead atoms. The third-order valence-corrected chi connectivity index (χ3v) is 4.79. The number of aryl methyl sites for hydroxylation is 2. The zero-order valence-electron chi connectivity index (χ0n) is 10.9. The molecule has 0 saturated heterocycles. The summed E-state index contributed by atoms with van der Waals surface area (Å²) in [4.78, 5) is 17.9. The monoisotopic (exact) mass is 272 g/mol. The highest BCUT2D eigenvalue weighted by molar-refractivity contribution is 7.99. The van der Waals surface area contributed by atoms with Crippen molar-refractivity contribution in [2.45, 2.75) is 23.7 Å². The zero-order chi connectivity index (χ0) is 13.2. The highest BCUT2D eigenvalue weighted by Gasteiger charge is 2.28. The number of carbonyl (C=O) groups excluding carboxylic acids is 1. The quantitative estimate of drug-likeness (QED) is 0.858. The first-order chi connectivity index (χ1) is 9.25. The lowest BCUT2D eigenvalue weighted by atomic mass is 9.94. The van der Waals surface area contributed by atoms with Gasteiger partial charge in [-0.2, -0.15) is 0 Å². The van der Waals surface area contributed by atoms with E-state index in [-0.39, 0.29) is 5.92 Å². The van der Waals surface area contributed by atoms with Crippen molar-refractivity contribution in [3.63, 3.8) is 0 Å². The summed E-state index contributed by atoms with van der Waals surface area (Å²) in [5.74, 6) is 2.27. The molecule has 1 atom stereocenters. The third kappa shape index (κ3) is 2.45. The molecule has 0 N–H and O–H groups in total. The standard InChI is InChI=1S/C15H16N2OS/c1-17-9-8-16-15(17)7-6-13(18)12-10-19-14-5-3-2-4-11(12)14/h2-5,8-9,12H,6-7,10H2,1H3. The van der Waals surface area contributed by atoms with Crippen molar-refractivity contribution < 1.29 is 4.79 Å². The fourth-order valence-corrected chi connectivity index (χ4v) is 3.74. The van der Waals surface area contributed by atoms with Crippen LogP contribution in [0, 0.1) is 0 Å². The number of Topliss-reactive ketones (excluding diaryl/α,β-unsaturated/α-hetero) is 1. The summed E-state index contributed by atoms with van der Waals surface area (Å²) < 4.78 is 1.98. The fraction of sp³-hybridized carbons (Fsp3) is 0.333. The van der Waals surface area contributed by atoms with Gasteiger partial charge >= 0.3 is 0 Å². The Kier molecular flexibility index (Phi) is 3.42. The maximum Gasteiger partial charge on any atom is 0.141 e. The molecular weight excluding hydrogens is 256 g/mol. The van der Waals surface area contributed by atoms with Gasteiger partial charge < -0.3 is 4.57 Å². The van der Waals surface area contributed by atoms with Crippen LogP contribution in [0.3, 0.4) is 0 Å². The van der Waals surface area contributed by atoms with Crippen LogP contribution in [0.25, 0.3) is 0 Å². The first-order valence-electron chi connectivity index (χ1n) is 6.46. The maximum absolute atomic E-state index is 12.4. The number of thioether (sulfide) groups is 1. The van der Waals surface area contributed by atoms with Gasteiger partial charge in [-0.3, -0.25) is 4.79 Å². The molecule has 3 nitrogen and oxygen atoms in total. The van der Waals surface area contributed by atoms with Gasteiger partial charge in [0.2, 0.25) is 0 Å². The highest BCUT2D eigenvalue weighted by Crippen LogP contribution is 2.40. The number of rotatable bonds is 4. The van der Waals surface area contributed by atoms with Crippen LogP contribution in [-0.4, -0.2) is 21.1 Å². The van der Waals surface area contributed by atoms with Gasteiger partial charge in [-0.05, 0) is 11.6 Å². The second kappa shape index (κ2) is 5.21. The van der Waals surface area contributed by atoms with Crippen LogP contribution in [0.2, 0.25) is 0 Å². The summed E-state index contributed by atoms with van der Waals surface area (Å²) in [5, 5.41) is 0. The number of hydrogen-bond acceptors (Lipinski definition) is 3. The predicted molar refractivity (Wildman–Crippen MR) is 76.4 cm³/mol. The number of carbonyl (C=O) groups is 1. The van der Waals surface area contributed by atoms with Crippen molar-refractivity contribution in [1.82, 2.24) is 9.55 Å². The summed E-state index contributed by atoms with van der Waals surface area (Å²) in [5.41, 5.74) is 1.21. The van der Waals surface area contributed by atoms with Gasteiger partial charge in [0.15, 0.2) is 0 Å². The predicted octanol–water partition coefficient (Wildman–Crippen LogP) is 2.81. The van der Waals surface area contributed by atoms with Crippen molar-refractivity contribution >= 4 is 17.5 Å². The Balaban J connectivity index is 1.68. The second-order valence-corrected chi connectivity index (χ2v) is 5.88. The number of fused-ring (bicyclic) bond motifs is 1. The molecule has 0 aliphatic carbocycles. The van der Waals surface area contributed by atoms with Gasteiger partial charge in [0.25, 0.3) is 0 Å². The molecular formula is C15H16N2OS. The Morgan fingerprint density at radius 3 is 3.11 bits per heavy atom. The molecule has 1 unspecified atom stereocenters. The molecule has 0 saturated carbocycles. The number of imidazole rings is 1. The molecule has 0 amide bonds. The van der Waals surface area contributed by atoms with Gasteiger partial charge in [-0.1, -0.05) is 18.2 Å². The lowest BCUT2D eigenvalue weighted by Crippen LogP contribution is -2.13. The van der Waals surface area contributed by atoms with E-state index in [4.69, 9.17) is 0 Å². The molecule has 2 heterocycles. The van der Waals surface area contributed by atoms with Gasteiger partial charge in [-0.15, -0.1) is 11.8 Å². The van der Waals surface area contributed by atoms with Crippen molar-refractivity contribution in [1.29, 1.82) is 0 Å². The minimum Gasteiger partial charge on any atom is -0.338 e. The first-order valence-corrected chi connectivity index (χ1v) is 7.45. The number of nitrogens with zero attached hydrogens (tertiary/aromatic N) is 2. The molecule has 0 fully saturated rings. The van der Waals surface area contributed by atoms with Gasteiger partial charge in [0.1, 0.15) is 11.6 Å². The third-order valence-electron chi connectivity index (χ3n) is 3.60. The minimum absolute atomic E-state index is 0.0708. The number of benzene rings is 1. The molecule has 98 valence electrons. The molecule has 0 spiro atoms. The number of hydrogen-bond donors (Lipinski definition) is 0. The van der Waals surface area contributed by atoms with E-state index in [2.05, 4.69) is 17.1 Å². The van der Waals surface area contributed by atoms with Crippen LogP contribution >= 0.6 is 11.8 Å². The van der Waals surface area contributed by atoms with Crippen molar-refractivity contribution in [3.8, 4) is 0 Å². The summed E-state index contributed by atoms with van der Waals surface area (Å²) in [7, 11) is 1.97. The average Bonchev–Trinajstić information content (AvgIpc) is 3.02. The van der Waals surface area contributed by atoms with Gasteiger partial charge in [-0.25, -0.2) is 4.98 Å². The topological polar surface area (TPSA) is 34.9 Å². The van der Waals surface area contributed by atoms with E-state index in [1.54, 1.807) is 18.0 Å². The second-order valence-electron chi connectivity index (χ2n) is 4.82. The Morgan fingerprint density at radius 1 is 1.47 bits per heavy atom. The summed E-state index contributed by atoms with van der Waals surface area (Å²) in [6.07, 6.45) is 5.00. The number of aromatic nitrogens is 2. The Hall–Kier alpha value is -1.55. The molecule has 4 heteroatoms. The maximum atomic E-state index is 12.4. The van der Waals surface area contributed by atoms with E-state index in [0.717, 1.165) is 18.0 Å². The molecule has 1 aliphatic rings. The van der Waals surface area contributed by atoms with Gasteiger partial charge in [0.05, 0.1) is 5.92 Å². The van der Waals surface area contributed by atoms with Crippen molar-refractivity contribution in [2.75, 3.05) is 5.75 Å². The first kappa shape index (κ1) is 12.5. The lowest BCUT2D eigenvalue weighted by Gasteiger charge is -2.09. The van der Waals surface area contributed by atoms with Crippen LogP contribution in [0.1, 0.15) is 23.7 Å². The Morgan fingerprint density at radius 2 is 2.32 bits per heavy atom. The lowest BCUT2D eigenvalue weighted by molar-refractivity contribution is -0.120. The van der Waals surface area contributed by atoms with Gasteiger partial charge in [0, 0.05) is 42.9 Å². The summed E-state index contributed by atoms with van der Waals surface area (Å²) >= 11 is 1.79. The van der Waals surface area contributed by atoms with Crippen molar-refractivity contribution in [3.05, 3.63) is 48.0 Å². The Labute approximate surface area is 117 Å². The van der Waals surface area contributed by atoms with Crippen molar-refractivity contribution in [2.24, 2.45) is 7.05 Å². The Bertz CT molecular complexity index is 606. The average molecular weight is 272 g/mol. The van der Waals surface area contributed by atoms with E-state index in [1.807, 2.05) is 29.9 Å². The highest BCUT2D eigenvalue weighted by atomic mass is 32.2. The minimum atomic E-state index is 0.0708. The van der Waals surface area contributed by atoms with Crippen LogP contribution in [-0.2, 0) is 18.3 Å². The smallest absolute Gasteiger partial charge is 0.141 e. The zero-order valence-corrected chi connectivity index (χ0v) is 11.7. The molecule has 3 rings (SSSR count). The van der Waals surface area contributed by atoms with E-state index >= 15 is 0 Å². The van der Waals surface area contributed by atoms with Crippen LogP contribution < -0.4 is 0 Å². The van der Waals surface area contributed by atoms with E-state index < -0.39 is 0 Å². The SMILES string of the molecule is Cn1ccnc1CCC(=O)C1CSc2ccccc21. The van der Waals surface area contributed by atoms with Crippen LogP contribution in [0.15, 0.2) is 41.6 Å². The number of ketones is 1. The fourth-order valence-electron chi connectivity index (χ4n) is 2.48. The van der Waals surface area contributed by atoms with Crippen LogP contribution in [0.4, 0.5) is 0 Å². The van der Waals surface area contributed by atoms with E-state index in [1.165, 1.54) is 10.5 Å². The summed E-state index contributed by atoms with van der Waals surface area (Å²) in [6, 6.07) is 8.24. The molecule has 1 aromatic carbocycles. The van der Waals surface area contributed by atoms with E-state index in [0.29, 0.717) is 12.2 Å².